The molecular formula is C16H18N2O5S. The molecule has 1 aromatic carbocycles. The first-order chi connectivity index (χ1) is 11.4. The van der Waals surface area contributed by atoms with Crippen molar-refractivity contribution in [2.45, 2.75) is 23.1 Å². The van der Waals surface area contributed by atoms with Crippen LogP contribution in [0.5, 0.6) is 0 Å². The first-order valence-corrected chi connectivity index (χ1v) is 8.14. The molecule has 128 valence electrons. The smallest absolute Gasteiger partial charge is 0.328 e. The van der Waals surface area contributed by atoms with E-state index in [1.54, 1.807) is 19.1 Å². The normalized spacial score (nSPS) is 17.4. The quantitative estimate of drug-likeness (QED) is 0.508. The molecule has 0 fully saturated rings. The van der Waals surface area contributed by atoms with Gasteiger partial charge in [0.2, 0.25) is 5.91 Å². The van der Waals surface area contributed by atoms with Crippen LogP contribution in [0, 0.1) is 0 Å². The number of hydrogen-bond acceptors (Lipinski definition) is 5. The monoisotopic (exact) mass is 350 g/mol. The number of fused-ring (bicyclic) bond motifs is 1. The topological polar surface area (TPSA) is 105 Å². The summed E-state index contributed by atoms with van der Waals surface area (Å²) in [5.74, 6) is -1.88. The largest absolute Gasteiger partial charge is 0.480 e. The van der Waals surface area contributed by atoms with Crippen LogP contribution in [0.1, 0.15) is 17.3 Å². The average Bonchev–Trinajstić information content (AvgIpc) is 2.54. The number of ether oxygens (including phenoxy) is 1. The Hall–Kier alpha value is -2.32. The number of benzene rings is 1. The average molecular weight is 350 g/mol. The molecule has 1 heterocycles. The molecule has 0 aromatic heterocycles. The highest BCUT2D eigenvalue weighted by Crippen LogP contribution is 2.35. The minimum atomic E-state index is -1.19. The van der Waals surface area contributed by atoms with Crippen molar-refractivity contribution in [3.63, 3.8) is 0 Å². The molecule has 0 bridgehead atoms. The van der Waals surface area contributed by atoms with Gasteiger partial charge in [0.1, 0.15) is 0 Å². The maximum absolute atomic E-state index is 12.3. The summed E-state index contributed by atoms with van der Waals surface area (Å²) in [6.07, 6.45) is 1.49. The lowest BCUT2D eigenvalue weighted by atomic mass is 10.1. The lowest BCUT2D eigenvalue weighted by Crippen LogP contribution is -2.44. The van der Waals surface area contributed by atoms with E-state index in [1.165, 1.54) is 23.9 Å². The van der Waals surface area contributed by atoms with Gasteiger partial charge in [0.05, 0.1) is 24.2 Å². The summed E-state index contributed by atoms with van der Waals surface area (Å²) in [6.45, 7) is 5.29. The van der Waals surface area contributed by atoms with Gasteiger partial charge in [-0.25, -0.2) is 4.79 Å². The van der Waals surface area contributed by atoms with Crippen molar-refractivity contribution in [1.29, 1.82) is 0 Å². The van der Waals surface area contributed by atoms with Gasteiger partial charge >= 0.3 is 5.97 Å². The third kappa shape index (κ3) is 4.36. The van der Waals surface area contributed by atoms with Crippen LogP contribution in [0.3, 0.4) is 0 Å². The Bertz CT molecular complexity index is 676. The Morgan fingerprint density at radius 3 is 2.96 bits per heavy atom. The molecule has 2 amide bonds. The van der Waals surface area contributed by atoms with Gasteiger partial charge in [0.25, 0.3) is 5.91 Å². The standard InChI is InChI=1S/C16H18N2O5S/c1-3-6-23-8-12(16(21)22)18-15(20)10-4-5-13-11(7-10)17-14(19)9(2)24-13/h3-5,7,9,12H,1,6,8H2,2H3,(H,17,19)(H,18,20)(H,21,22). The van der Waals surface area contributed by atoms with Gasteiger partial charge in [0.15, 0.2) is 6.04 Å². The summed E-state index contributed by atoms with van der Waals surface area (Å²) in [5.41, 5.74) is 0.810. The number of carboxylic acids is 1. The van der Waals surface area contributed by atoms with Crippen molar-refractivity contribution in [1.82, 2.24) is 5.32 Å². The van der Waals surface area contributed by atoms with Crippen LogP contribution in [0.15, 0.2) is 35.7 Å². The molecule has 0 saturated carbocycles. The molecule has 0 radical (unpaired) electrons. The van der Waals surface area contributed by atoms with Crippen molar-refractivity contribution in [3.8, 4) is 0 Å². The van der Waals surface area contributed by atoms with Crippen LogP contribution < -0.4 is 10.6 Å². The number of hydrogen-bond donors (Lipinski definition) is 3. The number of anilines is 1. The van der Waals surface area contributed by atoms with E-state index in [9.17, 15) is 14.4 Å². The third-order valence-electron chi connectivity index (χ3n) is 3.30. The van der Waals surface area contributed by atoms with Crippen molar-refractivity contribution in [2.24, 2.45) is 0 Å². The first-order valence-electron chi connectivity index (χ1n) is 7.26. The lowest BCUT2D eigenvalue weighted by molar-refractivity contribution is -0.140. The number of nitrogens with one attached hydrogen (secondary N) is 2. The van der Waals surface area contributed by atoms with Gasteiger partial charge in [-0.1, -0.05) is 6.08 Å². The second kappa shape index (κ2) is 7.98. The molecular weight excluding hydrogens is 332 g/mol. The molecule has 0 aliphatic carbocycles. The Kier molecular flexibility index (Phi) is 5.99. The molecule has 7 nitrogen and oxygen atoms in total. The minimum absolute atomic E-state index is 0.133. The van der Waals surface area contributed by atoms with Crippen molar-refractivity contribution < 1.29 is 24.2 Å². The van der Waals surface area contributed by atoms with Gasteiger partial charge in [-0.15, -0.1) is 18.3 Å². The Morgan fingerprint density at radius 2 is 2.29 bits per heavy atom. The highest BCUT2D eigenvalue weighted by molar-refractivity contribution is 8.00. The maximum Gasteiger partial charge on any atom is 0.328 e. The van der Waals surface area contributed by atoms with Crippen molar-refractivity contribution in [3.05, 3.63) is 36.4 Å². The molecule has 0 saturated heterocycles. The van der Waals surface area contributed by atoms with E-state index >= 15 is 0 Å². The van der Waals surface area contributed by atoms with Crippen LogP contribution in [-0.4, -0.2) is 47.4 Å². The van der Waals surface area contributed by atoms with Gasteiger partial charge < -0.3 is 20.5 Å². The number of amides is 2. The SMILES string of the molecule is C=CCOCC(NC(=O)c1ccc2c(c1)NC(=O)C(C)S2)C(=O)O. The van der Waals surface area contributed by atoms with Crippen LogP contribution in [0.25, 0.3) is 0 Å². The Balaban J connectivity index is 2.09. The molecule has 1 aliphatic rings. The molecule has 1 aromatic rings. The molecule has 24 heavy (non-hydrogen) atoms. The van der Waals surface area contributed by atoms with Crippen molar-refractivity contribution in [2.75, 3.05) is 18.5 Å². The summed E-state index contributed by atoms with van der Waals surface area (Å²) in [4.78, 5) is 36.0. The van der Waals surface area contributed by atoms with Gasteiger partial charge in [-0.05, 0) is 25.1 Å². The zero-order valence-electron chi connectivity index (χ0n) is 13.1. The number of carbonyl (C=O) groups is 3. The molecule has 1 aliphatic heterocycles. The molecule has 8 heteroatoms. The fraction of sp³-hybridized carbons (Fsp3) is 0.312. The Labute approximate surface area is 143 Å². The lowest BCUT2D eigenvalue weighted by Gasteiger charge is -2.22. The fourth-order valence-electron chi connectivity index (χ4n) is 2.04. The first kappa shape index (κ1) is 18.0. The van der Waals surface area contributed by atoms with Crippen molar-refractivity contribution >= 4 is 35.2 Å². The van der Waals surface area contributed by atoms with E-state index in [0.29, 0.717) is 5.69 Å². The number of aliphatic carboxylic acids is 1. The minimum Gasteiger partial charge on any atom is -0.480 e. The number of rotatable bonds is 7. The third-order valence-corrected chi connectivity index (χ3v) is 4.47. The van der Waals surface area contributed by atoms with Crippen LogP contribution in [-0.2, 0) is 14.3 Å². The van der Waals surface area contributed by atoms with Crippen LogP contribution >= 0.6 is 11.8 Å². The summed E-state index contributed by atoms with van der Waals surface area (Å²) in [7, 11) is 0. The number of carbonyl (C=O) groups excluding carboxylic acids is 2. The van der Waals surface area contributed by atoms with Gasteiger partial charge in [-0.3, -0.25) is 9.59 Å². The summed E-state index contributed by atoms with van der Waals surface area (Å²) in [5, 5.41) is 14.1. The Morgan fingerprint density at radius 1 is 1.54 bits per heavy atom. The molecule has 0 spiro atoms. The summed E-state index contributed by atoms with van der Waals surface area (Å²) >= 11 is 1.41. The predicted molar refractivity (Wildman–Crippen MR) is 90.3 cm³/mol. The van der Waals surface area contributed by atoms with Gasteiger partial charge in [0, 0.05) is 10.5 Å². The molecule has 2 rings (SSSR count). The molecule has 2 atom stereocenters. The molecule has 3 N–H and O–H groups in total. The van der Waals surface area contributed by atoms with E-state index in [1.807, 2.05) is 0 Å². The summed E-state index contributed by atoms with van der Waals surface area (Å²) < 4.78 is 5.09. The maximum atomic E-state index is 12.3. The zero-order chi connectivity index (χ0) is 17.7. The second-order valence-electron chi connectivity index (χ2n) is 5.15. The zero-order valence-corrected chi connectivity index (χ0v) is 13.9. The second-order valence-corrected chi connectivity index (χ2v) is 6.53. The van der Waals surface area contributed by atoms with Crippen LogP contribution in [0.4, 0.5) is 5.69 Å². The predicted octanol–water partition coefficient (Wildman–Crippen LogP) is 1.50. The highest BCUT2D eigenvalue weighted by atomic mass is 32.2. The van der Waals surface area contributed by atoms with Crippen LogP contribution in [0.2, 0.25) is 0 Å². The number of carboxylic acid groups (broad SMARTS) is 1. The van der Waals surface area contributed by atoms with E-state index in [-0.39, 0.29) is 29.9 Å². The highest BCUT2D eigenvalue weighted by Gasteiger charge is 2.25. The van der Waals surface area contributed by atoms with E-state index in [2.05, 4.69) is 17.2 Å². The number of thioether (sulfide) groups is 1. The van der Waals surface area contributed by atoms with E-state index in [4.69, 9.17) is 9.84 Å². The molecule has 2 unspecified atom stereocenters. The van der Waals surface area contributed by atoms with Gasteiger partial charge in [-0.2, -0.15) is 0 Å². The summed E-state index contributed by atoms with van der Waals surface area (Å²) in [6, 6.07) is 3.69. The fourth-order valence-corrected chi connectivity index (χ4v) is 2.97. The van der Waals surface area contributed by atoms with E-state index < -0.39 is 17.9 Å². The van der Waals surface area contributed by atoms with E-state index in [0.717, 1.165) is 4.90 Å².